The number of halogens is 3. The van der Waals surface area contributed by atoms with Crippen LogP contribution in [0.1, 0.15) is 31.1 Å². The predicted octanol–water partition coefficient (Wildman–Crippen LogP) is 4.44. The van der Waals surface area contributed by atoms with Gasteiger partial charge in [0.1, 0.15) is 5.76 Å². The van der Waals surface area contributed by atoms with Crippen LogP contribution < -0.4 is 5.32 Å². The van der Waals surface area contributed by atoms with Crippen LogP contribution in [-0.2, 0) is 17.5 Å². The van der Waals surface area contributed by atoms with Crippen LogP contribution in [0.25, 0.3) is 11.0 Å². The second kappa shape index (κ2) is 6.62. The Labute approximate surface area is 141 Å². The number of carbonyl (C=O) groups excluding carboxylic acids is 1. The number of imidazole rings is 1. The van der Waals surface area contributed by atoms with Crippen molar-refractivity contribution < 1.29 is 22.4 Å². The minimum absolute atomic E-state index is 0.160. The van der Waals surface area contributed by atoms with Gasteiger partial charge >= 0.3 is 6.18 Å². The highest BCUT2D eigenvalue weighted by Crippen LogP contribution is 2.32. The Morgan fingerprint density at radius 3 is 2.76 bits per heavy atom. The second-order valence-corrected chi connectivity index (χ2v) is 5.60. The molecule has 3 aromatic rings. The Morgan fingerprint density at radius 1 is 1.32 bits per heavy atom. The summed E-state index contributed by atoms with van der Waals surface area (Å²) >= 11 is 0. The fourth-order valence-corrected chi connectivity index (χ4v) is 2.53. The highest BCUT2D eigenvalue weighted by molar-refractivity contribution is 5.91. The smallest absolute Gasteiger partial charge is 0.416 e. The van der Waals surface area contributed by atoms with Gasteiger partial charge in [-0.15, -0.1) is 0 Å². The molecule has 5 nitrogen and oxygen atoms in total. The average Bonchev–Trinajstić information content (AvgIpc) is 3.15. The Bertz CT molecular complexity index is 883. The minimum Gasteiger partial charge on any atom is -0.467 e. The van der Waals surface area contributed by atoms with E-state index in [1.165, 1.54) is 12.3 Å². The largest absolute Gasteiger partial charge is 0.467 e. The normalized spacial score (nSPS) is 11.8. The predicted molar refractivity (Wildman–Crippen MR) is 86.1 cm³/mol. The summed E-state index contributed by atoms with van der Waals surface area (Å²) in [5.41, 5.74) is -0.140. The Hall–Kier alpha value is -2.77. The van der Waals surface area contributed by atoms with E-state index >= 15 is 0 Å². The number of rotatable bonds is 5. The molecule has 0 radical (unpaired) electrons. The number of nitrogens with one attached hydrogen (secondary N) is 1. The number of fused-ring (bicyclic) bond motifs is 1. The Kier molecular flexibility index (Phi) is 4.52. The number of carbonyl (C=O) groups is 1. The summed E-state index contributed by atoms with van der Waals surface area (Å²) in [6.45, 7) is 2.11. The van der Waals surface area contributed by atoms with Crippen LogP contribution in [0.5, 0.6) is 0 Å². The number of hydrogen-bond donors (Lipinski definition) is 1. The summed E-state index contributed by atoms with van der Waals surface area (Å²) in [6, 6.07) is 6.78. The van der Waals surface area contributed by atoms with Crippen molar-refractivity contribution in [2.45, 2.75) is 32.5 Å². The van der Waals surface area contributed by atoms with Crippen LogP contribution in [0.2, 0.25) is 0 Å². The summed E-state index contributed by atoms with van der Waals surface area (Å²) in [5.74, 6) is 0.559. The fourth-order valence-electron chi connectivity index (χ4n) is 2.53. The lowest BCUT2D eigenvalue weighted by Crippen LogP contribution is -2.15. The molecule has 0 unspecified atom stereocenters. The van der Waals surface area contributed by atoms with Crippen LogP contribution in [-0.4, -0.2) is 15.5 Å². The SMILES string of the molecule is CCCC(=O)Nc1nc2cc(C(F)(F)F)ccc2n1Cc1ccco1. The number of amides is 1. The van der Waals surface area contributed by atoms with E-state index in [0.717, 1.165) is 12.1 Å². The molecule has 0 spiro atoms. The first-order valence-electron chi connectivity index (χ1n) is 7.78. The maximum atomic E-state index is 12.9. The zero-order chi connectivity index (χ0) is 18.0. The molecule has 8 heteroatoms. The van der Waals surface area contributed by atoms with Gasteiger partial charge in [0.05, 0.1) is 29.4 Å². The highest BCUT2D eigenvalue weighted by Gasteiger charge is 2.31. The first-order chi connectivity index (χ1) is 11.9. The van der Waals surface area contributed by atoms with Crippen LogP contribution >= 0.6 is 0 Å². The zero-order valence-electron chi connectivity index (χ0n) is 13.4. The molecule has 0 aliphatic carbocycles. The van der Waals surface area contributed by atoms with E-state index in [1.54, 1.807) is 16.7 Å². The molecular weight excluding hydrogens is 335 g/mol. The van der Waals surface area contributed by atoms with Gasteiger partial charge in [-0.05, 0) is 36.8 Å². The highest BCUT2D eigenvalue weighted by atomic mass is 19.4. The fraction of sp³-hybridized carbons (Fsp3) is 0.294. The van der Waals surface area contributed by atoms with Crippen molar-refractivity contribution in [3.8, 4) is 0 Å². The van der Waals surface area contributed by atoms with E-state index in [4.69, 9.17) is 4.42 Å². The third kappa shape index (κ3) is 3.67. The molecule has 0 fully saturated rings. The van der Waals surface area contributed by atoms with E-state index in [9.17, 15) is 18.0 Å². The number of alkyl halides is 3. The van der Waals surface area contributed by atoms with Gasteiger partial charge in [-0.2, -0.15) is 13.2 Å². The molecule has 0 saturated heterocycles. The number of benzene rings is 1. The van der Waals surface area contributed by atoms with E-state index in [1.807, 2.05) is 6.92 Å². The van der Waals surface area contributed by atoms with Crippen molar-refractivity contribution in [2.24, 2.45) is 0 Å². The first kappa shape index (κ1) is 17.1. The molecule has 0 saturated carbocycles. The molecule has 0 aliphatic heterocycles. The summed E-state index contributed by atoms with van der Waals surface area (Å²) in [4.78, 5) is 16.1. The van der Waals surface area contributed by atoms with Crippen molar-refractivity contribution in [3.05, 3.63) is 47.9 Å². The monoisotopic (exact) mass is 351 g/mol. The number of anilines is 1. The third-order valence-electron chi connectivity index (χ3n) is 3.70. The van der Waals surface area contributed by atoms with Gasteiger partial charge in [0, 0.05) is 6.42 Å². The maximum Gasteiger partial charge on any atom is 0.416 e. The molecule has 0 bridgehead atoms. The molecule has 0 atom stereocenters. The van der Waals surface area contributed by atoms with E-state index < -0.39 is 11.7 Å². The second-order valence-electron chi connectivity index (χ2n) is 5.60. The van der Waals surface area contributed by atoms with E-state index in [2.05, 4.69) is 10.3 Å². The van der Waals surface area contributed by atoms with Crippen LogP contribution in [0.4, 0.5) is 19.1 Å². The third-order valence-corrected chi connectivity index (χ3v) is 3.70. The summed E-state index contributed by atoms with van der Waals surface area (Å²) in [6.07, 6.45) is -1.99. The molecular formula is C17H16F3N3O2. The van der Waals surface area contributed by atoms with Crippen LogP contribution in [0.3, 0.4) is 0 Å². The molecule has 1 aromatic carbocycles. The van der Waals surface area contributed by atoms with Crippen molar-refractivity contribution in [1.82, 2.24) is 9.55 Å². The molecule has 1 amide bonds. The van der Waals surface area contributed by atoms with Gasteiger partial charge in [-0.1, -0.05) is 6.92 Å². The lowest BCUT2D eigenvalue weighted by Gasteiger charge is -2.09. The summed E-state index contributed by atoms with van der Waals surface area (Å²) < 4.78 is 45.7. The first-order valence-corrected chi connectivity index (χ1v) is 7.78. The zero-order valence-corrected chi connectivity index (χ0v) is 13.4. The average molecular weight is 351 g/mol. The topological polar surface area (TPSA) is 60.1 Å². The van der Waals surface area contributed by atoms with Gasteiger partial charge in [0.2, 0.25) is 11.9 Å². The van der Waals surface area contributed by atoms with Crippen molar-refractivity contribution >= 4 is 22.9 Å². The molecule has 1 N–H and O–H groups in total. The van der Waals surface area contributed by atoms with Crippen LogP contribution in [0, 0.1) is 0 Å². The summed E-state index contributed by atoms with van der Waals surface area (Å²) in [5, 5.41) is 2.66. The van der Waals surface area contributed by atoms with Crippen LogP contribution in [0.15, 0.2) is 41.0 Å². The Balaban J connectivity index is 2.06. The van der Waals surface area contributed by atoms with E-state index in [-0.39, 0.29) is 23.9 Å². The van der Waals surface area contributed by atoms with Crippen molar-refractivity contribution in [1.29, 1.82) is 0 Å². The number of aromatic nitrogens is 2. The standard InChI is InChI=1S/C17H16F3N3O2/c1-2-4-15(24)22-16-21-13-9-11(17(18,19)20)6-7-14(13)23(16)10-12-5-3-8-25-12/h3,5-9H,2,4,10H2,1H3,(H,21,22,24). The minimum atomic E-state index is -4.45. The van der Waals surface area contributed by atoms with Crippen molar-refractivity contribution in [2.75, 3.05) is 5.32 Å². The molecule has 3 rings (SSSR count). The quantitative estimate of drug-likeness (QED) is 0.739. The van der Waals surface area contributed by atoms with Gasteiger partial charge < -0.3 is 8.98 Å². The molecule has 25 heavy (non-hydrogen) atoms. The van der Waals surface area contributed by atoms with Gasteiger partial charge in [0.25, 0.3) is 0 Å². The molecule has 132 valence electrons. The maximum absolute atomic E-state index is 12.9. The Morgan fingerprint density at radius 2 is 2.12 bits per heavy atom. The molecule has 2 heterocycles. The molecule has 2 aromatic heterocycles. The lowest BCUT2D eigenvalue weighted by atomic mass is 10.2. The molecule has 0 aliphatic rings. The van der Waals surface area contributed by atoms with E-state index in [0.29, 0.717) is 24.1 Å². The number of furan rings is 1. The number of hydrogen-bond acceptors (Lipinski definition) is 3. The van der Waals surface area contributed by atoms with Gasteiger partial charge in [-0.25, -0.2) is 4.98 Å². The number of nitrogens with zero attached hydrogens (tertiary/aromatic N) is 2. The summed E-state index contributed by atoms with van der Waals surface area (Å²) in [7, 11) is 0. The lowest BCUT2D eigenvalue weighted by molar-refractivity contribution is -0.137. The van der Waals surface area contributed by atoms with Gasteiger partial charge in [0.15, 0.2) is 0 Å². The van der Waals surface area contributed by atoms with Crippen molar-refractivity contribution in [3.63, 3.8) is 0 Å². The van der Waals surface area contributed by atoms with Gasteiger partial charge in [-0.3, -0.25) is 10.1 Å².